The van der Waals surface area contributed by atoms with Crippen LogP contribution in [0.25, 0.3) is 0 Å². The first-order chi connectivity index (χ1) is 10.2. The van der Waals surface area contributed by atoms with Gasteiger partial charge in [-0.1, -0.05) is 18.2 Å². The van der Waals surface area contributed by atoms with Crippen LogP contribution in [0.5, 0.6) is 5.75 Å². The zero-order valence-corrected chi connectivity index (χ0v) is 15.8. The van der Waals surface area contributed by atoms with E-state index in [-0.39, 0.29) is 0 Å². The fraction of sp³-hybridized carbons (Fsp3) is 0.500. The van der Waals surface area contributed by atoms with E-state index in [0.717, 1.165) is 0 Å². The van der Waals surface area contributed by atoms with Crippen LogP contribution in [-0.2, 0) is 9.13 Å². The molecule has 6 nitrogen and oxygen atoms in total. The van der Waals surface area contributed by atoms with Gasteiger partial charge in [0.25, 0.3) is 7.52 Å². The van der Waals surface area contributed by atoms with Gasteiger partial charge in [0.1, 0.15) is 5.75 Å². The highest BCUT2D eigenvalue weighted by atomic mass is 35.5. The van der Waals surface area contributed by atoms with Crippen molar-refractivity contribution in [3.8, 4) is 5.75 Å². The van der Waals surface area contributed by atoms with Crippen molar-refractivity contribution in [2.75, 3.05) is 38.2 Å². The van der Waals surface area contributed by atoms with Crippen LogP contribution in [0.4, 0.5) is 0 Å². The van der Waals surface area contributed by atoms with Crippen molar-refractivity contribution in [3.05, 3.63) is 30.3 Å². The standard InChI is InChI=1S/C9H13ClNO2P.C3H9ClNO2P/c1-14(12,11-8-7-10)13-9-5-3-2-4-6-9;1-8(6,7)5-3-2-4/h2-6H,7-8H2,1H3,(H,11,12);2-3H2,1H3,(H2,5,6,7). The van der Waals surface area contributed by atoms with Gasteiger partial charge in [-0.3, -0.25) is 9.13 Å². The molecule has 2 unspecified atom stereocenters. The Bertz CT molecular complexity index is 499. The van der Waals surface area contributed by atoms with Gasteiger partial charge < -0.3 is 9.42 Å². The highest BCUT2D eigenvalue weighted by molar-refractivity contribution is 7.56. The van der Waals surface area contributed by atoms with Crippen LogP contribution >= 0.6 is 38.2 Å². The Balaban J connectivity index is 0.000000472. The van der Waals surface area contributed by atoms with Crippen LogP contribution < -0.4 is 14.7 Å². The molecular weight excluding hydrogens is 369 g/mol. The summed E-state index contributed by atoms with van der Waals surface area (Å²) < 4.78 is 27.4. The molecule has 0 heterocycles. The highest BCUT2D eigenvalue weighted by Gasteiger charge is 2.15. The van der Waals surface area contributed by atoms with Crippen molar-refractivity contribution in [3.63, 3.8) is 0 Å². The third kappa shape index (κ3) is 13.6. The van der Waals surface area contributed by atoms with Crippen LogP contribution in [0, 0.1) is 0 Å². The number of alkyl halides is 2. The van der Waals surface area contributed by atoms with E-state index in [9.17, 15) is 9.13 Å². The molecule has 0 saturated heterocycles. The summed E-state index contributed by atoms with van der Waals surface area (Å²) in [6.45, 7) is 3.63. The quantitative estimate of drug-likeness (QED) is 0.466. The fourth-order valence-corrected chi connectivity index (χ4v) is 3.30. The molecule has 128 valence electrons. The number of para-hydroxylation sites is 1. The van der Waals surface area contributed by atoms with Crippen LogP contribution in [-0.4, -0.2) is 43.1 Å². The Morgan fingerprint density at radius 3 is 1.95 bits per heavy atom. The van der Waals surface area contributed by atoms with E-state index in [0.29, 0.717) is 30.6 Å². The molecule has 0 saturated carbocycles. The number of nitrogens with one attached hydrogen (secondary N) is 2. The highest BCUT2D eigenvalue weighted by Crippen LogP contribution is 2.38. The molecule has 0 aliphatic heterocycles. The average Bonchev–Trinajstić information content (AvgIpc) is 2.43. The van der Waals surface area contributed by atoms with E-state index >= 15 is 0 Å². The molecule has 1 aromatic rings. The number of hydrogen-bond acceptors (Lipinski definition) is 3. The lowest BCUT2D eigenvalue weighted by molar-refractivity contribution is 0.471. The van der Waals surface area contributed by atoms with Crippen LogP contribution in [0.1, 0.15) is 0 Å². The van der Waals surface area contributed by atoms with Crippen LogP contribution in [0.3, 0.4) is 0 Å². The first-order valence-electron chi connectivity index (χ1n) is 6.45. The van der Waals surface area contributed by atoms with Crippen molar-refractivity contribution >= 4 is 38.2 Å². The van der Waals surface area contributed by atoms with Gasteiger partial charge in [0.15, 0.2) is 0 Å². The fourth-order valence-electron chi connectivity index (χ4n) is 1.21. The minimum absolute atomic E-state index is 0.360. The minimum atomic E-state index is -3.02. The predicted molar refractivity (Wildman–Crippen MR) is 93.8 cm³/mol. The lowest BCUT2D eigenvalue weighted by atomic mass is 10.3. The molecule has 0 aliphatic carbocycles. The van der Waals surface area contributed by atoms with Crippen LogP contribution in [0.15, 0.2) is 30.3 Å². The lowest BCUT2D eigenvalue weighted by Gasteiger charge is -2.15. The smallest absolute Gasteiger partial charge is 0.313 e. The van der Waals surface area contributed by atoms with Gasteiger partial charge in [0.05, 0.1) is 0 Å². The Morgan fingerprint density at radius 1 is 1.05 bits per heavy atom. The van der Waals surface area contributed by atoms with E-state index in [1.807, 2.05) is 18.2 Å². The minimum Gasteiger partial charge on any atom is -0.433 e. The first-order valence-corrected chi connectivity index (χ1v) is 11.7. The van der Waals surface area contributed by atoms with E-state index < -0.39 is 15.0 Å². The largest absolute Gasteiger partial charge is 0.433 e. The van der Waals surface area contributed by atoms with Gasteiger partial charge in [-0.15, -0.1) is 23.2 Å². The van der Waals surface area contributed by atoms with Crippen molar-refractivity contribution < 1.29 is 18.5 Å². The van der Waals surface area contributed by atoms with Gasteiger partial charge in [-0.2, -0.15) is 0 Å². The SMILES string of the molecule is CP(=O)(NCCCl)Oc1ccccc1.CP(=O)(O)NCCCl. The monoisotopic (exact) mass is 390 g/mol. The Labute approximate surface area is 141 Å². The molecule has 10 heteroatoms. The van der Waals surface area contributed by atoms with Crippen LogP contribution in [0.2, 0.25) is 0 Å². The molecule has 0 fully saturated rings. The summed E-state index contributed by atoms with van der Waals surface area (Å²) in [4.78, 5) is 8.53. The molecule has 0 spiro atoms. The molecular formula is C12H22Cl2N2O4P2. The number of halogens is 2. The summed E-state index contributed by atoms with van der Waals surface area (Å²) in [5.74, 6) is 1.37. The number of hydrogen-bond donors (Lipinski definition) is 3. The normalized spacial score (nSPS) is 15.9. The molecule has 1 aromatic carbocycles. The van der Waals surface area contributed by atoms with E-state index in [4.69, 9.17) is 32.6 Å². The number of benzene rings is 1. The Morgan fingerprint density at radius 2 is 1.55 bits per heavy atom. The zero-order valence-electron chi connectivity index (χ0n) is 12.5. The summed E-state index contributed by atoms with van der Waals surface area (Å²) in [6.07, 6.45) is 0. The summed E-state index contributed by atoms with van der Waals surface area (Å²) in [5.41, 5.74) is 0. The van der Waals surface area contributed by atoms with E-state index in [2.05, 4.69) is 10.2 Å². The molecule has 0 bridgehead atoms. The second kappa shape index (κ2) is 11.5. The maximum atomic E-state index is 11.8. The second-order valence-electron chi connectivity index (χ2n) is 4.32. The third-order valence-electron chi connectivity index (χ3n) is 2.02. The van der Waals surface area contributed by atoms with Crippen molar-refractivity contribution in [2.45, 2.75) is 0 Å². The summed E-state index contributed by atoms with van der Waals surface area (Å²) >= 11 is 10.7. The molecule has 0 aromatic heterocycles. The van der Waals surface area contributed by atoms with Crippen molar-refractivity contribution in [1.29, 1.82) is 0 Å². The molecule has 2 atom stereocenters. The van der Waals surface area contributed by atoms with Gasteiger partial charge in [-0.05, 0) is 12.1 Å². The van der Waals surface area contributed by atoms with Gasteiger partial charge in [0, 0.05) is 38.2 Å². The molecule has 22 heavy (non-hydrogen) atoms. The molecule has 3 N–H and O–H groups in total. The summed E-state index contributed by atoms with van der Waals surface area (Å²) in [5, 5.41) is 5.11. The Hall–Kier alpha value is -0.0600. The van der Waals surface area contributed by atoms with E-state index in [1.165, 1.54) is 13.3 Å². The second-order valence-corrected chi connectivity index (χ2v) is 9.34. The number of rotatable bonds is 8. The van der Waals surface area contributed by atoms with Gasteiger partial charge in [0.2, 0.25) is 0 Å². The van der Waals surface area contributed by atoms with Crippen molar-refractivity contribution in [1.82, 2.24) is 10.2 Å². The topological polar surface area (TPSA) is 87.7 Å². The van der Waals surface area contributed by atoms with Gasteiger partial charge in [-0.25, -0.2) is 10.2 Å². The van der Waals surface area contributed by atoms with E-state index in [1.54, 1.807) is 12.1 Å². The Kier molecular flexibility index (Phi) is 11.4. The average molecular weight is 391 g/mol. The predicted octanol–water partition coefficient (Wildman–Crippen LogP) is 3.35. The lowest BCUT2D eigenvalue weighted by Crippen LogP contribution is -2.15. The molecule has 0 amide bonds. The maximum Gasteiger partial charge on any atom is 0.313 e. The first kappa shape index (κ1) is 21.9. The summed E-state index contributed by atoms with van der Waals surface area (Å²) in [7, 11) is -5.78. The van der Waals surface area contributed by atoms with Gasteiger partial charge >= 0.3 is 7.52 Å². The zero-order chi connectivity index (χ0) is 17.1. The molecule has 0 aliphatic rings. The maximum absolute atomic E-state index is 11.8. The molecule has 1 rings (SSSR count). The summed E-state index contributed by atoms with van der Waals surface area (Å²) in [6, 6.07) is 9.06. The third-order valence-corrected chi connectivity index (χ3v) is 4.56. The van der Waals surface area contributed by atoms with Crippen molar-refractivity contribution in [2.24, 2.45) is 0 Å². The molecule has 0 radical (unpaired) electrons.